The van der Waals surface area contributed by atoms with Crippen LogP contribution in [0.25, 0.3) is 0 Å². The van der Waals surface area contributed by atoms with Crippen molar-refractivity contribution in [2.45, 2.75) is 29.3 Å². The lowest BCUT2D eigenvalue weighted by atomic mass is 10.0. The molecule has 1 aromatic heterocycles. The quantitative estimate of drug-likeness (QED) is 0.855. The van der Waals surface area contributed by atoms with Crippen molar-refractivity contribution in [2.24, 2.45) is 7.05 Å². The lowest BCUT2D eigenvalue weighted by Crippen LogP contribution is -2.01. The molecule has 0 aliphatic carbocycles. The van der Waals surface area contributed by atoms with Crippen molar-refractivity contribution in [3.8, 4) is 0 Å². The molecule has 114 valence electrons. The Hall–Kier alpha value is -1.47. The van der Waals surface area contributed by atoms with E-state index in [1.165, 1.54) is 24.3 Å². The van der Waals surface area contributed by atoms with Crippen molar-refractivity contribution in [3.63, 3.8) is 0 Å². The van der Waals surface area contributed by atoms with E-state index in [1.54, 1.807) is 10.9 Å². The van der Waals surface area contributed by atoms with Crippen molar-refractivity contribution in [2.75, 3.05) is 0 Å². The number of benzene rings is 1. The highest BCUT2D eigenvalue weighted by atomic mass is 32.2. The minimum Gasteiger partial charge on any atom is -0.388 e. The van der Waals surface area contributed by atoms with Gasteiger partial charge in [-0.1, -0.05) is 12.1 Å². The number of thioether (sulfide) groups is 1. The van der Waals surface area contributed by atoms with Gasteiger partial charge in [0.2, 0.25) is 0 Å². The Balaban J connectivity index is 1.91. The number of aromatic nitrogens is 2. The third-order valence-corrected chi connectivity index (χ3v) is 3.70. The van der Waals surface area contributed by atoms with Gasteiger partial charge in [-0.3, -0.25) is 4.68 Å². The lowest BCUT2D eigenvalue weighted by Gasteiger charge is -2.11. The van der Waals surface area contributed by atoms with Crippen LogP contribution >= 0.6 is 11.8 Å². The first-order valence-electron chi connectivity index (χ1n) is 6.35. The van der Waals surface area contributed by atoms with Gasteiger partial charge in [0.05, 0.1) is 12.3 Å². The molecule has 2 rings (SSSR count). The second kappa shape index (κ2) is 6.53. The van der Waals surface area contributed by atoms with Crippen LogP contribution in [-0.2, 0) is 13.5 Å². The molecular weight excluding hydrogens is 301 g/mol. The van der Waals surface area contributed by atoms with E-state index in [4.69, 9.17) is 0 Å². The van der Waals surface area contributed by atoms with Gasteiger partial charge in [0, 0.05) is 18.1 Å². The van der Waals surface area contributed by atoms with Crippen LogP contribution in [-0.4, -0.2) is 20.4 Å². The average Bonchev–Trinajstić information content (AvgIpc) is 2.81. The van der Waals surface area contributed by atoms with Crippen LogP contribution in [0.1, 0.15) is 23.7 Å². The van der Waals surface area contributed by atoms with E-state index in [0.717, 1.165) is 5.56 Å². The number of aryl methyl sites for hydroxylation is 2. The molecule has 0 amide bonds. The normalized spacial score (nSPS) is 13.4. The van der Waals surface area contributed by atoms with Gasteiger partial charge in [-0.05, 0) is 47.9 Å². The molecule has 0 spiro atoms. The van der Waals surface area contributed by atoms with Gasteiger partial charge in [0.15, 0.2) is 0 Å². The highest BCUT2D eigenvalue weighted by Gasteiger charge is 2.29. The number of nitrogens with zero attached hydrogens (tertiary/aromatic N) is 2. The summed E-state index contributed by atoms with van der Waals surface area (Å²) in [4.78, 5) is 0.116. The highest BCUT2D eigenvalue weighted by molar-refractivity contribution is 8.00. The molecular formula is C14H15F3N2OS. The number of halogens is 3. The summed E-state index contributed by atoms with van der Waals surface area (Å²) in [5.41, 5.74) is -2.66. The average molecular weight is 316 g/mol. The Morgan fingerprint density at radius 2 is 1.95 bits per heavy atom. The minimum absolute atomic E-state index is 0.116. The summed E-state index contributed by atoms with van der Waals surface area (Å²) in [5.74, 6) is 0. The van der Waals surface area contributed by atoms with Crippen LogP contribution < -0.4 is 0 Å². The number of hydrogen-bond donors (Lipinski definition) is 1. The summed E-state index contributed by atoms with van der Waals surface area (Å²) in [6.45, 7) is 0. The Kier molecular flexibility index (Phi) is 4.95. The van der Waals surface area contributed by atoms with Gasteiger partial charge >= 0.3 is 5.51 Å². The van der Waals surface area contributed by atoms with E-state index >= 15 is 0 Å². The van der Waals surface area contributed by atoms with Crippen LogP contribution in [0.5, 0.6) is 0 Å². The molecule has 1 aromatic carbocycles. The molecule has 0 fully saturated rings. The standard InChI is InChI=1S/C14H15F3N2OS/c1-19-9-10(8-18-19)2-7-13(20)11-3-5-12(6-4-11)21-14(15,16)17/h3-6,8-9,13,20H,2,7H2,1H3. The molecule has 2 aromatic rings. The SMILES string of the molecule is Cn1cc(CCC(O)c2ccc(SC(F)(F)F)cc2)cn1. The van der Waals surface area contributed by atoms with E-state index in [1.807, 2.05) is 13.2 Å². The molecule has 7 heteroatoms. The Bertz CT molecular complexity index is 581. The number of rotatable bonds is 5. The predicted molar refractivity (Wildman–Crippen MR) is 74.8 cm³/mol. The molecule has 0 saturated heterocycles. The van der Waals surface area contributed by atoms with E-state index in [9.17, 15) is 18.3 Å². The van der Waals surface area contributed by atoms with E-state index in [0.29, 0.717) is 18.4 Å². The lowest BCUT2D eigenvalue weighted by molar-refractivity contribution is -0.0328. The number of aliphatic hydroxyl groups is 1. The van der Waals surface area contributed by atoms with Crippen LogP contribution in [0.3, 0.4) is 0 Å². The van der Waals surface area contributed by atoms with Gasteiger partial charge in [0.1, 0.15) is 0 Å². The van der Waals surface area contributed by atoms with Crippen molar-refractivity contribution in [1.29, 1.82) is 0 Å². The monoisotopic (exact) mass is 316 g/mol. The fourth-order valence-corrected chi connectivity index (χ4v) is 2.50. The molecule has 1 N–H and O–H groups in total. The zero-order valence-electron chi connectivity index (χ0n) is 11.3. The van der Waals surface area contributed by atoms with Crippen molar-refractivity contribution < 1.29 is 18.3 Å². The van der Waals surface area contributed by atoms with Gasteiger partial charge in [-0.25, -0.2) is 0 Å². The third kappa shape index (κ3) is 5.09. The summed E-state index contributed by atoms with van der Waals surface area (Å²) < 4.78 is 38.3. The summed E-state index contributed by atoms with van der Waals surface area (Å²) in [6.07, 6.45) is 4.06. The smallest absolute Gasteiger partial charge is 0.388 e. The molecule has 21 heavy (non-hydrogen) atoms. The zero-order chi connectivity index (χ0) is 15.5. The summed E-state index contributed by atoms with van der Waals surface area (Å²) >= 11 is -0.159. The molecule has 0 bridgehead atoms. The van der Waals surface area contributed by atoms with Gasteiger partial charge in [-0.2, -0.15) is 18.3 Å². The fourth-order valence-electron chi connectivity index (χ4n) is 1.96. The Labute approximate surface area is 124 Å². The Morgan fingerprint density at radius 1 is 1.29 bits per heavy atom. The number of alkyl halides is 3. The van der Waals surface area contributed by atoms with E-state index in [-0.39, 0.29) is 16.7 Å². The molecule has 0 radical (unpaired) electrons. The molecule has 0 aliphatic heterocycles. The first-order valence-corrected chi connectivity index (χ1v) is 7.16. The second-order valence-corrected chi connectivity index (χ2v) is 5.83. The van der Waals surface area contributed by atoms with Gasteiger partial charge in [-0.15, -0.1) is 0 Å². The number of hydrogen-bond acceptors (Lipinski definition) is 3. The fraction of sp³-hybridized carbons (Fsp3) is 0.357. The first kappa shape index (κ1) is 15.9. The second-order valence-electron chi connectivity index (χ2n) is 4.69. The van der Waals surface area contributed by atoms with E-state index in [2.05, 4.69) is 5.10 Å². The van der Waals surface area contributed by atoms with Gasteiger partial charge < -0.3 is 5.11 Å². The van der Waals surface area contributed by atoms with Crippen LogP contribution in [0, 0.1) is 0 Å². The Morgan fingerprint density at radius 3 is 2.48 bits per heavy atom. The summed E-state index contributed by atoms with van der Waals surface area (Å²) in [7, 11) is 1.82. The maximum Gasteiger partial charge on any atom is 0.446 e. The first-order chi connectivity index (χ1) is 9.83. The molecule has 3 nitrogen and oxygen atoms in total. The zero-order valence-corrected chi connectivity index (χ0v) is 12.2. The van der Waals surface area contributed by atoms with Crippen LogP contribution in [0.2, 0.25) is 0 Å². The molecule has 1 unspecified atom stereocenters. The summed E-state index contributed by atoms with van der Waals surface area (Å²) in [6, 6.07) is 5.81. The van der Waals surface area contributed by atoms with E-state index < -0.39 is 11.6 Å². The molecule has 0 saturated carbocycles. The minimum atomic E-state index is -4.29. The predicted octanol–water partition coefficient (Wildman–Crippen LogP) is 3.70. The van der Waals surface area contributed by atoms with Crippen molar-refractivity contribution in [1.82, 2.24) is 9.78 Å². The third-order valence-electron chi connectivity index (χ3n) is 2.96. The molecule has 0 aliphatic rings. The number of aliphatic hydroxyl groups excluding tert-OH is 1. The topological polar surface area (TPSA) is 38.0 Å². The highest BCUT2D eigenvalue weighted by Crippen LogP contribution is 2.37. The molecule has 1 atom stereocenters. The summed E-state index contributed by atoms with van der Waals surface area (Å²) in [5, 5.41) is 14.1. The van der Waals surface area contributed by atoms with Gasteiger partial charge in [0.25, 0.3) is 0 Å². The largest absolute Gasteiger partial charge is 0.446 e. The van der Waals surface area contributed by atoms with Crippen molar-refractivity contribution >= 4 is 11.8 Å². The van der Waals surface area contributed by atoms with Crippen LogP contribution in [0.15, 0.2) is 41.6 Å². The maximum absolute atomic E-state index is 12.2. The van der Waals surface area contributed by atoms with Crippen LogP contribution in [0.4, 0.5) is 13.2 Å². The maximum atomic E-state index is 12.2. The van der Waals surface area contributed by atoms with Crippen molar-refractivity contribution in [3.05, 3.63) is 47.8 Å². The molecule has 1 heterocycles.